The van der Waals surface area contributed by atoms with E-state index >= 15 is 0 Å². The van der Waals surface area contributed by atoms with Gasteiger partial charge < -0.3 is 4.57 Å². The van der Waals surface area contributed by atoms with Gasteiger partial charge in [-0.15, -0.1) is 0 Å². The molecule has 0 aliphatic rings. The Morgan fingerprint density at radius 3 is 2.55 bits per heavy atom. The number of Topliss-reactive ketones (excluding diaryl/α,β-unsaturated/α-hetero) is 1. The number of halogens is 2. The minimum absolute atomic E-state index is 0.0233. The Bertz CT molecular complexity index is 1430. The van der Waals surface area contributed by atoms with E-state index in [4.69, 9.17) is 23.2 Å². The molecule has 4 aromatic rings. The Labute approximate surface area is 206 Å². The quantitative estimate of drug-likeness (QED) is 0.165. The van der Waals surface area contributed by atoms with E-state index in [0.717, 1.165) is 23.5 Å². The molecule has 8 heteroatoms. The van der Waals surface area contributed by atoms with Crippen LogP contribution in [-0.4, -0.2) is 25.7 Å². The van der Waals surface area contributed by atoms with Gasteiger partial charge in [-0.3, -0.25) is 14.2 Å². The normalized spacial score (nSPS) is 11.3. The van der Waals surface area contributed by atoms with Crippen LogP contribution in [-0.2, 0) is 6.54 Å². The van der Waals surface area contributed by atoms with E-state index in [1.807, 2.05) is 55.7 Å². The van der Waals surface area contributed by atoms with Crippen molar-refractivity contribution in [3.63, 3.8) is 0 Å². The summed E-state index contributed by atoms with van der Waals surface area (Å²) in [4.78, 5) is 30.8. The van der Waals surface area contributed by atoms with Crippen molar-refractivity contribution in [2.24, 2.45) is 0 Å². The summed E-state index contributed by atoms with van der Waals surface area (Å²) in [5.41, 5.74) is 3.80. The maximum absolute atomic E-state index is 13.2. The van der Waals surface area contributed by atoms with Crippen LogP contribution in [0.3, 0.4) is 0 Å². The highest BCUT2D eigenvalue weighted by Gasteiger charge is 2.19. The lowest BCUT2D eigenvalue weighted by Gasteiger charge is -2.12. The fraction of sp³-hybridized carbons (Fsp3) is 0.240. The molecule has 2 heterocycles. The Hall–Kier alpha value is -2.54. The number of benzene rings is 2. The molecule has 33 heavy (non-hydrogen) atoms. The van der Waals surface area contributed by atoms with E-state index in [1.54, 1.807) is 22.8 Å². The van der Waals surface area contributed by atoms with Crippen LogP contribution in [0.5, 0.6) is 0 Å². The smallest absolute Gasteiger partial charge is 0.262 e. The number of hydrogen-bond donors (Lipinski definition) is 0. The number of aromatic nitrogens is 3. The van der Waals surface area contributed by atoms with Gasteiger partial charge in [0.05, 0.1) is 26.7 Å². The van der Waals surface area contributed by atoms with E-state index < -0.39 is 0 Å². The van der Waals surface area contributed by atoms with E-state index in [-0.39, 0.29) is 17.1 Å². The summed E-state index contributed by atoms with van der Waals surface area (Å²) in [5.74, 6) is 0.157. The Morgan fingerprint density at radius 1 is 1.06 bits per heavy atom. The van der Waals surface area contributed by atoms with E-state index in [9.17, 15) is 9.59 Å². The lowest BCUT2D eigenvalue weighted by atomic mass is 10.2. The lowest BCUT2D eigenvalue weighted by molar-refractivity contribution is 0.102. The predicted octanol–water partition coefficient (Wildman–Crippen LogP) is 6.50. The van der Waals surface area contributed by atoms with Crippen molar-refractivity contribution in [2.75, 3.05) is 5.75 Å². The number of rotatable bonds is 7. The summed E-state index contributed by atoms with van der Waals surface area (Å²) in [6.07, 6.45) is 0.798. The van der Waals surface area contributed by atoms with Crippen molar-refractivity contribution < 1.29 is 4.79 Å². The zero-order chi connectivity index (χ0) is 23.7. The third-order valence-corrected chi connectivity index (χ3v) is 7.21. The molecule has 170 valence electrons. The summed E-state index contributed by atoms with van der Waals surface area (Å²) in [5, 5.41) is 2.09. The standard InChI is InChI=1S/C25H23Cl2N3O2S/c1-4-11-29-24(32)18-7-5-6-8-22(18)28-25(29)33-14-23(31)19-12-15(2)30(16(19)3)17-9-10-20(26)21(27)13-17/h5-10,12-13H,4,11,14H2,1-3H3. The zero-order valence-electron chi connectivity index (χ0n) is 18.6. The highest BCUT2D eigenvalue weighted by atomic mass is 35.5. The molecule has 4 rings (SSSR count). The number of hydrogen-bond acceptors (Lipinski definition) is 4. The SMILES string of the molecule is CCCn1c(SCC(=O)c2cc(C)n(-c3ccc(Cl)c(Cl)c3)c2C)nc2ccccc2c1=O. The van der Waals surface area contributed by atoms with Crippen molar-refractivity contribution >= 4 is 51.6 Å². The average molecular weight is 500 g/mol. The Balaban J connectivity index is 1.64. The molecular formula is C25H23Cl2N3O2S. The number of carbonyl (C=O) groups excluding carboxylic acids is 1. The Morgan fingerprint density at radius 2 is 1.82 bits per heavy atom. The number of nitrogens with zero attached hydrogens (tertiary/aromatic N) is 3. The van der Waals surface area contributed by atoms with Crippen LogP contribution in [0, 0.1) is 13.8 Å². The second kappa shape index (κ2) is 9.75. The molecule has 2 aromatic heterocycles. The second-order valence-corrected chi connectivity index (χ2v) is 9.56. The van der Waals surface area contributed by atoms with Crippen molar-refractivity contribution in [2.45, 2.75) is 38.9 Å². The first-order valence-electron chi connectivity index (χ1n) is 10.6. The minimum atomic E-state index is -0.0739. The van der Waals surface area contributed by atoms with Gasteiger partial charge in [-0.05, 0) is 56.7 Å². The maximum Gasteiger partial charge on any atom is 0.262 e. The van der Waals surface area contributed by atoms with Gasteiger partial charge in [0.2, 0.25) is 0 Å². The van der Waals surface area contributed by atoms with E-state index in [1.165, 1.54) is 11.8 Å². The molecule has 0 saturated heterocycles. The van der Waals surface area contributed by atoms with Gasteiger partial charge in [0.1, 0.15) is 0 Å². The maximum atomic E-state index is 13.2. The van der Waals surface area contributed by atoms with Gasteiger partial charge in [0.15, 0.2) is 10.9 Å². The third kappa shape index (κ3) is 4.60. The predicted molar refractivity (Wildman–Crippen MR) is 137 cm³/mol. The topological polar surface area (TPSA) is 56.9 Å². The van der Waals surface area contributed by atoms with Gasteiger partial charge in [0, 0.05) is 29.2 Å². The molecule has 0 amide bonds. The first-order chi connectivity index (χ1) is 15.8. The molecule has 0 saturated carbocycles. The molecule has 0 radical (unpaired) electrons. The first kappa shape index (κ1) is 23.6. The van der Waals surface area contributed by atoms with E-state index in [0.29, 0.717) is 38.2 Å². The van der Waals surface area contributed by atoms with Gasteiger partial charge in [0.25, 0.3) is 5.56 Å². The van der Waals surface area contributed by atoms with Crippen molar-refractivity contribution in [3.8, 4) is 5.69 Å². The zero-order valence-corrected chi connectivity index (χ0v) is 20.9. The van der Waals surface area contributed by atoms with Gasteiger partial charge >= 0.3 is 0 Å². The molecule has 0 unspecified atom stereocenters. The van der Waals surface area contributed by atoms with Crippen LogP contribution in [0.4, 0.5) is 0 Å². The first-order valence-corrected chi connectivity index (χ1v) is 12.4. The fourth-order valence-corrected chi connectivity index (χ4v) is 5.15. The molecule has 0 N–H and O–H groups in total. The van der Waals surface area contributed by atoms with Gasteiger partial charge in [-0.2, -0.15) is 0 Å². The van der Waals surface area contributed by atoms with Crippen LogP contribution in [0.1, 0.15) is 35.1 Å². The molecule has 0 aliphatic heterocycles. The van der Waals surface area contributed by atoms with E-state index in [2.05, 4.69) is 4.98 Å². The lowest BCUT2D eigenvalue weighted by Crippen LogP contribution is -2.23. The highest BCUT2D eigenvalue weighted by Crippen LogP contribution is 2.28. The molecule has 2 aromatic carbocycles. The molecule has 5 nitrogen and oxygen atoms in total. The highest BCUT2D eigenvalue weighted by molar-refractivity contribution is 7.99. The van der Waals surface area contributed by atoms with Crippen LogP contribution in [0.15, 0.2) is 58.5 Å². The molecule has 0 bridgehead atoms. The van der Waals surface area contributed by atoms with Crippen LogP contribution in [0.25, 0.3) is 16.6 Å². The molecular weight excluding hydrogens is 477 g/mol. The van der Waals surface area contributed by atoms with Crippen LogP contribution >= 0.6 is 35.0 Å². The van der Waals surface area contributed by atoms with Crippen LogP contribution < -0.4 is 5.56 Å². The molecule has 0 atom stereocenters. The van der Waals surface area contributed by atoms with Gasteiger partial charge in [-0.25, -0.2) is 4.98 Å². The number of para-hydroxylation sites is 1. The molecule has 0 spiro atoms. The summed E-state index contributed by atoms with van der Waals surface area (Å²) in [6.45, 7) is 6.43. The van der Waals surface area contributed by atoms with Crippen molar-refractivity contribution in [1.29, 1.82) is 0 Å². The number of thioether (sulfide) groups is 1. The second-order valence-electron chi connectivity index (χ2n) is 7.80. The van der Waals surface area contributed by atoms with Gasteiger partial charge in [-0.1, -0.05) is 54.0 Å². The van der Waals surface area contributed by atoms with Crippen molar-refractivity contribution in [3.05, 3.63) is 85.9 Å². The van der Waals surface area contributed by atoms with Crippen LogP contribution in [0.2, 0.25) is 10.0 Å². The number of carbonyl (C=O) groups is 1. The number of aryl methyl sites for hydroxylation is 1. The molecule has 0 fully saturated rings. The van der Waals surface area contributed by atoms with Crippen molar-refractivity contribution in [1.82, 2.24) is 14.1 Å². The summed E-state index contributed by atoms with van der Waals surface area (Å²) in [7, 11) is 0. The number of fused-ring (bicyclic) bond motifs is 1. The summed E-state index contributed by atoms with van der Waals surface area (Å²) < 4.78 is 3.65. The summed E-state index contributed by atoms with van der Waals surface area (Å²) >= 11 is 13.6. The Kier molecular flexibility index (Phi) is 6.98. The summed E-state index contributed by atoms with van der Waals surface area (Å²) in [6, 6.07) is 14.6. The number of ketones is 1. The largest absolute Gasteiger partial charge is 0.318 e. The minimum Gasteiger partial charge on any atom is -0.318 e. The third-order valence-electron chi connectivity index (χ3n) is 5.50. The fourth-order valence-electron chi connectivity index (χ4n) is 3.95. The monoisotopic (exact) mass is 499 g/mol. The average Bonchev–Trinajstić information content (AvgIpc) is 3.10. The molecule has 0 aliphatic carbocycles.